The number of imidazole rings is 1. The Hall–Kier alpha value is -3.32. The molecule has 0 unspecified atom stereocenters. The number of hydrogen-bond acceptors (Lipinski definition) is 5. The number of carbonyl (C=O) groups is 1. The van der Waals surface area contributed by atoms with Gasteiger partial charge in [-0.15, -0.1) is 0 Å². The van der Waals surface area contributed by atoms with Gasteiger partial charge in [0.1, 0.15) is 5.75 Å². The average molecular weight is 404 g/mol. The lowest BCUT2D eigenvalue weighted by atomic mass is 10.1. The number of rotatable bonds is 5. The molecule has 29 heavy (non-hydrogen) atoms. The summed E-state index contributed by atoms with van der Waals surface area (Å²) in [4.78, 5) is 22.7. The smallest absolute Gasteiger partial charge is 0.257 e. The van der Waals surface area contributed by atoms with Crippen molar-refractivity contribution in [3.63, 3.8) is 0 Å². The number of ether oxygens (including phenoxy) is 1. The Morgan fingerprint density at radius 1 is 1.14 bits per heavy atom. The maximum Gasteiger partial charge on any atom is 0.257 e. The SMILES string of the molecule is COc1ccc2cc(C(=O)Nc3ccc(Sc4nccn4C)cc3)c(C)nc2c1. The van der Waals surface area contributed by atoms with Crippen molar-refractivity contribution in [3.8, 4) is 5.75 Å². The summed E-state index contributed by atoms with van der Waals surface area (Å²) in [7, 11) is 3.58. The van der Waals surface area contributed by atoms with E-state index in [-0.39, 0.29) is 5.91 Å². The second-order valence-electron chi connectivity index (χ2n) is 6.58. The van der Waals surface area contributed by atoms with Crippen molar-refractivity contribution in [2.45, 2.75) is 17.0 Å². The Labute approximate surface area is 172 Å². The highest BCUT2D eigenvalue weighted by atomic mass is 32.2. The number of benzene rings is 2. The quantitative estimate of drug-likeness (QED) is 0.523. The number of amides is 1. The molecule has 1 amide bonds. The van der Waals surface area contributed by atoms with Crippen molar-refractivity contribution < 1.29 is 9.53 Å². The number of nitrogens with one attached hydrogen (secondary N) is 1. The van der Waals surface area contributed by atoms with Crippen LogP contribution < -0.4 is 10.1 Å². The maximum atomic E-state index is 12.8. The van der Waals surface area contributed by atoms with Crippen LogP contribution in [0.3, 0.4) is 0 Å². The van der Waals surface area contributed by atoms with Crippen LogP contribution in [-0.4, -0.2) is 27.6 Å². The minimum atomic E-state index is -0.183. The van der Waals surface area contributed by atoms with E-state index in [0.29, 0.717) is 11.3 Å². The molecule has 2 heterocycles. The van der Waals surface area contributed by atoms with Crippen LogP contribution >= 0.6 is 11.8 Å². The molecule has 0 aliphatic rings. The van der Waals surface area contributed by atoms with Gasteiger partial charge in [0.2, 0.25) is 0 Å². The van der Waals surface area contributed by atoms with E-state index in [1.165, 1.54) is 0 Å². The second kappa shape index (κ2) is 7.97. The number of carbonyl (C=O) groups excluding carboxylic acids is 1. The lowest BCUT2D eigenvalue weighted by molar-refractivity contribution is 0.102. The largest absolute Gasteiger partial charge is 0.497 e. The summed E-state index contributed by atoms with van der Waals surface area (Å²) in [5, 5.41) is 4.76. The van der Waals surface area contributed by atoms with Crippen molar-refractivity contribution in [2.24, 2.45) is 7.05 Å². The molecular formula is C22H20N4O2S. The topological polar surface area (TPSA) is 69.0 Å². The highest BCUT2D eigenvalue weighted by Gasteiger charge is 2.13. The molecule has 0 radical (unpaired) electrons. The van der Waals surface area contributed by atoms with E-state index in [0.717, 1.165) is 32.4 Å². The van der Waals surface area contributed by atoms with Crippen LogP contribution in [0.25, 0.3) is 10.9 Å². The first-order valence-electron chi connectivity index (χ1n) is 9.05. The lowest BCUT2D eigenvalue weighted by Crippen LogP contribution is -2.14. The molecule has 146 valence electrons. The van der Waals surface area contributed by atoms with Gasteiger partial charge in [0.25, 0.3) is 5.91 Å². The van der Waals surface area contributed by atoms with Gasteiger partial charge in [0.15, 0.2) is 5.16 Å². The van der Waals surface area contributed by atoms with Crippen molar-refractivity contribution in [2.75, 3.05) is 12.4 Å². The predicted molar refractivity (Wildman–Crippen MR) is 115 cm³/mol. The molecule has 0 aliphatic heterocycles. The van der Waals surface area contributed by atoms with Gasteiger partial charge in [-0.3, -0.25) is 9.78 Å². The van der Waals surface area contributed by atoms with Gasteiger partial charge < -0.3 is 14.6 Å². The molecule has 2 aromatic carbocycles. The number of methoxy groups -OCH3 is 1. The van der Waals surface area contributed by atoms with Gasteiger partial charge in [-0.2, -0.15) is 0 Å². The minimum absolute atomic E-state index is 0.183. The Morgan fingerprint density at radius 3 is 2.62 bits per heavy atom. The zero-order valence-electron chi connectivity index (χ0n) is 16.3. The summed E-state index contributed by atoms with van der Waals surface area (Å²) >= 11 is 1.57. The summed E-state index contributed by atoms with van der Waals surface area (Å²) in [5.41, 5.74) is 2.75. The highest BCUT2D eigenvalue weighted by Crippen LogP contribution is 2.27. The van der Waals surface area contributed by atoms with E-state index < -0.39 is 0 Å². The van der Waals surface area contributed by atoms with Crippen LogP contribution in [-0.2, 0) is 7.05 Å². The Morgan fingerprint density at radius 2 is 1.93 bits per heavy atom. The van der Waals surface area contributed by atoms with Crippen LogP contribution in [0.5, 0.6) is 5.75 Å². The molecule has 1 N–H and O–H groups in total. The van der Waals surface area contributed by atoms with E-state index in [2.05, 4.69) is 15.3 Å². The molecule has 4 rings (SSSR count). The molecule has 7 heteroatoms. The zero-order valence-corrected chi connectivity index (χ0v) is 17.2. The predicted octanol–water partition coefficient (Wildman–Crippen LogP) is 4.69. The fraction of sp³-hybridized carbons (Fsp3) is 0.136. The first kappa shape index (κ1) is 19.0. The summed E-state index contributed by atoms with van der Waals surface area (Å²) in [6.07, 6.45) is 3.68. The Balaban J connectivity index is 1.51. The zero-order chi connectivity index (χ0) is 20.4. The van der Waals surface area contributed by atoms with Gasteiger partial charge in [-0.05, 0) is 49.4 Å². The minimum Gasteiger partial charge on any atom is -0.497 e. The van der Waals surface area contributed by atoms with Crippen molar-refractivity contribution in [1.82, 2.24) is 14.5 Å². The fourth-order valence-electron chi connectivity index (χ4n) is 2.96. The van der Waals surface area contributed by atoms with Crippen LogP contribution in [0.4, 0.5) is 5.69 Å². The Bertz CT molecular complexity index is 1190. The molecule has 2 aromatic heterocycles. The monoisotopic (exact) mass is 404 g/mol. The van der Waals surface area contributed by atoms with Crippen LogP contribution in [0.2, 0.25) is 0 Å². The summed E-state index contributed by atoms with van der Waals surface area (Å²) < 4.78 is 7.21. The maximum absolute atomic E-state index is 12.8. The number of nitrogens with zero attached hydrogens (tertiary/aromatic N) is 3. The number of fused-ring (bicyclic) bond motifs is 1. The first-order valence-corrected chi connectivity index (χ1v) is 9.87. The van der Waals surface area contributed by atoms with Crippen molar-refractivity contribution in [1.29, 1.82) is 0 Å². The lowest BCUT2D eigenvalue weighted by Gasteiger charge is -2.10. The van der Waals surface area contributed by atoms with Crippen LogP contribution in [0.1, 0.15) is 16.1 Å². The average Bonchev–Trinajstić information content (AvgIpc) is 3.12. The van der Waals surface area contributed by atoms with Gasteiger partial charge >= 0.3 is 0 Å². The number of pyridine rings is 1. The van der Waals surface area contributed by atoms with Crippen LogP contribution in [0, 0.1) is 6.92 Å². The molecular weight excluding hydrogens is 384 g/mol. The third-order valence-electron chi connectivity index (χ3n) is 4.56. The third kappa shape index (κ3) is 4.09. The van der Waals surface area contributed by atoms with E-state index in [4.69, 9.17) is 4.74 Å². The molecule has 4 aromatic rings. The number of hydrogen-bond donors (Lipinski definition) is 1. The van der Waals surface area contributed by atoms with Gasteiger partial charge in [0, 0.05) is 41.5 Å². The van der Waals surface area contributed by atoms with Gasteiger partial charge in [-0.1, -0.05) is 11.8 Å². The summed E-state index contributed by atoms with van der Waals surface area (Å²) in [6.45, 7) is 1.83. The van der Waals surface area contributed by atoms with Gasteiger partial charge in [-0.25, -0.2) is 4.98 Å². The second-order valence-corrected chi connectivity index (χ2v) is 7.62. The Kier molecular flexibility index (Phi) is 5.22. The number of aromatic nitrogens is 3. The number of anilines is 1. The van der Waals surface area contributed by atoms with Gasteiger partial charge in [0.05, 0.1) is 23.9 Å². The highest BCUT2D eigenvalue weighted by molar-refractivity contribution is 7.99. The fourth-order valence-corrected chi connectivity index (χ4v) is 3.76. The standard InChI is InChI=1S/C22H20N4O2S/c1-14-19(12-15-4-7-17(28-3)13-20(15)24-14)21(27)25-16-5-8-18(9-6-16)29-22-23-10-11-26(22)2/h4-13H,1-3H3,(H,25,27). The molecule has 6 nitrogen and oxygen atoms in total. The molecule has 0 aliphatic carbocycles. The number of aryl methyl sites for hydroxylation is 2. The van der Waals surface area contributed by atoms with Crippen LogP contribution in [0.15, 0.2) is 71.0 Å². The van der Waals surface area contributed by atoms with Crippen molar-refractivity contribution >= 4 is 34.3 Å². The summed E-state index contributed by atoms with van der Waals surface area (Å²) in [6, 6.07) is 15.2. The van der Waals surface area contributed by atoms with E-state index in [1.54, 1.807) is 25.1 Å². The normalized spacial score (nSPS) is 10.9. The van der Waals surface area contributed by atoms with E-state index in [9.17, 15) is 4.79 Å². The molecule has 0 spiro atoms. The molecule has 0 fully saturated rings. The molecule has 0 saturated heterocycles. The molecule has 0 saturated carbocycles. The van der Waals surface area contributed by atoms with Crippen molar-refractivity contribution in [3.05, 3.63) is 72.2 Å². The van der Waals surface area contributed by atoms with E-state index >= 15 is 0 Å². The van der Waals surface area contributed by atoms with E-state index in [1.807, 2.05) is 73.3 Å². The third-order valence-corrected chi connectivity index (χ3v) is 5.64. The first-order chi connectivity index (χ1) is 14.0. The molecule has 0 bridgehead atoms. The summed E-state index contributed by atoms with van der Waals surface area (Å²) in [5.74, 6) is 0.558. The molecule has 0 atom stereocenters.